The Morgan fingerprint density at radius 2 is 1.87 bits per heavy atom. The molecule has 0 N–H and O–H groups in total. The Kier molecular flexibility index (Phi) is 7.41. The van der Waals surface area contributed by atoms with E-state index in [-0.39, 0.29) is 18.3 Å². The van der Waals surface area contributed by atoms with E-state index < -0.39 is 0 Å². The van der Waals surface area contributed by atoms with Gasteiger partial charge in [0.1, 0.15) is 13.2 Å². The van der Waals surface area contributed by atoms with Gasteiger partial charge in [-0.2, -0.15) is 0 Å². The van der Waals surface area contributed by atoms with Crippen molar-refractivity contribution in [3.8, 4) is 11.5 Å². The second-order valence-electron chi connectivity index (χ2n) is 7.08. The Balaban J connectivity index is 0.00000256. The number of amides is 1. The van der Waals surface area contributed by atoms with Gasteiger partial charge < -0.3 is 14.4 Å². The monoisotopic (exact) mass is 467 g/mol. The van der Waals surface area contributed by atoms with Crippen molar-refractivity contribution in [1.29, 1.82) is 0 Å². The van der Waals surface area contributed by atoms with Crippen LogP contribution in [-0.4, -0.2) is 56.2 Å². The van der Waals surface area contributed by atoms with Crippen LogP contribution < -0.4 is 14.4 Å². The van der Waals surface area contributed by atoms with Gasteiger partial charge in [0.2, 0.25) is 0 Å². The molecule has 0 bridgehead atoms. The number of hydrogen-bond donors (Lipinski definition) is 0. The summed E-state index contributed by atoms with van der Waals surface area (Å²) in [7, 11) is 4.04. The molecule has 4 rings (SSSR count). The number of nitrogens with zero attached hydrogens (tertiary/aromatic N) is 3. The number of fused-ring (bicyclic) bond motifs is 2. The smallest absolute Gasteiger partial charge is 0.260 e. The molecule has 1 aliphatic rings. The van der Waals surface area contributed by atoms with Gasteiger partial charge >= 0.3 is 0 Å². The van der Waals surface area contributed by atoms with Gasteiger partial charge in [-0.25, -0.2) is 4.98 Å². The van der Waals surface area contributed by atoms with Gasteiger partial charge in [-0.1, -0.05) is 22.9 Å². The molecule has 0 radical (unpaired) electrons. The van der Waals surface area contributed by atoms with Gasteiger partial charge in [0.25, 0.3) is 5.91 Å². The highest BCUT2D eigenvalue weighted by atomic mass is 35.5. The first-order chi connectivity index (χ1) is 14.0. The van der Waals surface area contributed by atoms with Crippen molar-refractivity contribution < 1.29 is 14.3 Å². The number of ether oxygens (including phenoxy) is 2. The molecule has 0 atom stereocenters. The number of rotatable bonds is 6. The van der Waals surface area contributed by atoms with Crippen LogP contribution in [0, 0.1) is 0 Å². The number of aromatic nitrogens is 1. The molecule has 2 heterocycles. The van der Waals surface area contributed by atoms with Crippen molar-refractivity contribution in [1.82, 2.24) is 9.88 Å². The molecule has 0 spiro atoms. The number of thiazole rings is 1. The van der Waals surface area contributed by atoms with Gasteiger partial charge in [-0.05, 0) is 63.5 Å². The van der Waals surface area contributed by atoms with Gasteiger partial charge in [0, 0.05) is 17.1 Å². The SMILES string of the molecule is CN(C)CCCN(C(=O)c1ccc2c(c1)OCCO2)c1nc2ccc(Cl)cc2s1.Cl. The zero-order chi connectivity index (χ0) is 20.4. The Morgan fingerprint density at radius 1 is 1.10 bits per heavy atom. The summed E-state index contributed by atoms with van der Waals surface area (Å²) in [5.41, 5.74) is 1.39. The van der Waals surface area contributed by atoms with E-state index in [9.17, 15) is 4.79 Å². The van der Waals surface area contributed by atoms with E-state index in [0.717, 1.165) is 23.2 Å². The first-order valence-electron chi connectivity index (χ1n) is 9.43. The third-order valence-electron chi connectivity index (χ3n) is 4.59. The number of benzene rings is 2. The number of hydrogen-bond acceptors (Lipinski definition) is 6. The summed E-state index contributed by atoms with van der Waals surface area (Å²) in [6.45, 7) is 2.45. The second kappa shape index (κ2) is 9.83. The van der Waals surface area contributed by atoms with Crippen LogP contribution in [0.1, 0.15) is 16.8 Å². The van der Waals surface area contributed by atoms with Crippen molar-refractivity contribution in [3.05, 3.63) is 47.0 Å². The molecule has 1 aliphatic heterocycles. The lowest BCUT2D eigenvalue weighted by atomic mass is 10.1. The zero-order valence-electron chi connectivity index (χ0n) is 16.8. The molecule has 30 heavy (non-hydrogen) atoms. The first kappa shape index (κ1) is 22.6. The van der Waals surface area contributed by atoms with Crippen LogP contribution in [0.2, 0.25) is 5.02 Å². The van der Waals surface area contributed by atoms with Crippen LogP contribution in [0.5, 0.6) is 11.5 Å². The molecular weight excluding hydrogens is 445 g/mol. The molecule has 0 saturated heterocycles. The molecule has 1 amide bonds. The fourth-order valence-corrected chi connectivity index (χ4v) is 4.43. The standard InChI is InChI=1S/C21H22ClN3O3S.ClH/c1-24(2)8-3-9-25(21-23-16-6-5-15(22)13-19(16)29-21)20(26)14-4-7-17-18(12-14)28-11-10-27-17;/h4-7,12-13H,3,8-11H2,1-2H3;1H. The van der Waals surface area contributed by atoms with Crippen molar-refractivity contribution in [2.75, 3.05) is 45.3 Å². The molecule has 160 valence electrons. The molecule has 9 heteroatoms. The third-order valence-corrected chi connectivity index (χ3v) is 5.87. The minimum absolute atomic E-state index is 0. The number of carbonyl (C=O) groups is 1. The zero-order valence-corrected chi connectivity index (χ0v) is 19.1. The summed E-state index contributed by atoms with van der Waals surface area (Å²) in [6, 6.07) is 10.9. The molecular formula is C21H23Cl2N3O3S. The lowest BCUT2D eigenvalue weighted by Gasteiger charge is -2.23. The maximum atomic E-state index is 13.4. The predicted molar refractivity (Wildman–Crippen MR) is 124 cm³/mol. The molecule has 3 aromatic rings. The molecule has 1 aromatic heterocycles. The normalized spacial score (nSPS) is 12.7. The quantitative estimate of drug-likeness (QED) is 0.523. The van der Waals surface area contributed by atoms with Gasteiger partial charge in [0.15, 0.2) is 16.6 Å². The average Bonchev–Trinajstić information content (AvgIpc) is 3.13. The maximum absolute atomic E-state index is 13.4. The van der Waals surface area contributed by atoms with Crippen LogP contribution in [0.3, 0.4) is 0 Å². The van der Waals surface area contributed by atoms with Crippen molar-refractivity contribution >= 4 is 56.6 Å². The fraction of sp³-hybridized carbons (Fsp3) is 0.333. The minimum Gasteiger partial charge on any atom is -0.486 e. The van der Waals surface area contributed by atoms with Gasteiger partial charge in [0.05, 0.1) is 10.2 Å². The molecule has 2 aromatic carbocycles. The summed E-state index contributed by atoms with van der Waals surface area (Å²) >= 11 is 7.59. The first-order valence-corrected chi connectivity index (χ1v) is 10.6. The van der Waals surface area contributed by atoms with Crippen LogP contribution in [0.15, 0.2) is 36.4 Å². The predicted octanol–water partition coefficient (Wildman–Crippen LogP) is 4.74. The number of anilines is 1. The van der Waals surface area contributed by atoms with Crippen LogP contribution >= 0.6 is 35.3 Å². The number of carbonyl (C=O) groups excluding carboxylic acids is 1. The van der Waals surface area contributed by atoms with E-state index in [1.54, 1.807) is 23.1 Å². The Morgan fingerprint density at radius 3 is 2.63 bits per heavy atom. The molecule has 6 nitrogen and oxygen atoms in total. The summed E-state index contributed by atoms with van der Waals surface area (Å²) in [4.78, 5) is 21.9. The maximum Gasteiger partial charge on any atom is 0.260 e. The third kappa shape index (κ3) is 4.98. The highest BCUT2D eigenvalue weighted by Gasteiger charge is 2.23. The van der Waals surface area contributed by atoms with E-state index in [1.807, 2.05) is 32.3 Å². The number of halogens is 2. The van der Waals surface area contributed by atoms with E-state index in [4.69, 9.17) is 21.1 Å². The van der Waals surface area contributed by atoms with Crippen LogP contribution in [0.25, 0.3) is 10.2 Å². The molecule has 0 unspecified atom stereocenters. The molecule has 0 saturated carbocycles. The largest absolute Gasteiger partial charge is 0.486 e. The van der Waals surface area contributed by atoms with Crippen LogP contribution in [0.4, 0.5) is 5.13 Å². The van der Waals surface area contributed by atoms with E-state index in [1.165, 1.54) is 11.3 Å². The Hall–Kier alpha value is -2.06. The van der Waals surface area contributed by atoms with Crippen molar-refractivity contribution in [3.63, 3.8) is 0 Å². The van der Waals surface area contributed by atoms with Crippen molar-refractivity contribution in [2.24, 2.45) is 0 Å². The second-order valence-corrected chi connectivity index (χ2v) is 8.53. The Labute approximate surface area is 190 Å². The van der Waals surface area contributed by atoms with E-state index >= 15 is 0 Å². The summed E-state index contributed by atoms with van der Waals surface area (Å²) in [5.74, 6) is 1.17. The van der Waals surface area contributed by atoms with Crippen LogP contribution in [-0.2, 0) is 0 Å². The highest BCUT2D eigenvalue weighted by molar-refractivity contribution is 7.22. The van der Waals surface area contributed by atoms with E-state index in [0.29, 0.717) is 47.0 Å². The van der Waals surface area contributed by atoms with Gasteiger partial charge in [-0.3, -0.25) is 9.69 Å². The lowest BCUT2D eigenvalue weighted by Crippen LogP contribution is -2.33. The topological polar surface area (TPSA) is 54.9 Å². The molecule has 0 fully saturated rings. The van der Waals surface area contributed by atoms with E-state index in [2.05, 4.69) is 9.88 Å². The average molecular weight is 468 g/mol. The summed E-state index contributed by atoms with van der Waals surface area (Å²) in [5, 5.41) is 1.32. The summed E-state index contributed by atoms with van der Waals surface area (Å²) < 4.78 is 12.2. The lowest BCUT2D eigenvalue weighted by molar-refractivity contribution is 0.0984. The minimum atomic E-state index is -0.106. The highest BCUT2D eigenvalue weighted by Crippen LogP contribution is 2.34. The van der Waals surface area contributed by atoms with Crippen molar-refractivity contribution in [2.45, 2.75) is 6.42 Å². The fourth-order valence-electron chi connectivity index (χ4n) is 3.16. The summed E-state index contributed by atoms with van der Waals surface area (Å²) in [6.07, 6.45) is 0.833. The Bertz CT molecular complexity index is 1040. The van der Waals surface area contributed by atoms with Gasteiger partial charge in [-0.15, -0.1) is 12.4 Å². The molecule has 0 aliphatic carbocycles.